The molecule has 3 aromatic rings. The second kappa shape index (κ2) is 7.77. The van der Waals surface area contributed by atoms with Gasteiger partial charge < -0.3 is 18.8 Å². The Labute approximate surface area is 187 Å². The van der Waals surface area contributed by atoms with Gasteiger partial charge in [0.15, 0.2) is 0 Å². The lowest BCUT2D eigenvalue weighted by atomic mass is 9.71. The second-order valence-corrected chi connectivity index (χ2v) is 9.80. The van der Waals surface area contributed by atoms with Crippen LogP contribution in [0.15, 0.2) is 26.0 Å². The van der Waals surface area contributed by atoms with Crippen LogP contribution in [-0.2, 0) is 11.2 Å². The molecule has 1 aliphatic carbocycles. The third-order valence-corrected chi connectivity index (χ3v) is 7.90. The van der Waals surface area contributed by atoms with Crippen molar-refractivity contribution in [1.29, 1.82) is 0 Å². The molecule has 0 unspecified atom stereocenters. The molecule has 6 nitrogen and oxygen atoms in total. The molecular formula is C26H31NO5. The van der Waals surface area contributed by atoms with Crippen LogP contribution in [0.2, 0.25) is 0 Å². The van der Waals surface area contributed by atoms with Crippen molar-refractivity contribution in [3.8, 4) is 0 Å². The predicted octanol–water partition coefficient (Wildman–Crippen LogP) is 4.55. The molecule has 1 saturated carbocycles. The van der Waals surface area contributed by atoms with Crippen LogP contribution in [0.25, 0.3) is 21.9 Å². The first-order valence-electron chi connectivity index (χ1n) is 11.7. The number of aliphatic hydroxyl groups is 1. The fraction of sp³-hybridized carbons (Fsp3) is 0.538. The molecule has 5 rings (SSSR count). The summed E-state index contributed by atoms with van der Waals surface area (Å²) in [7, 11) is 0. The number of amides is 1. The van der Waals surface area contributed by atoms with E-state index in [-0.39, 0.29) is 23.9 Å². The fourth-order valence-electron chi connectivity index (χ4n) is 5.80. The Kier molecular flexibility index (Phi) is 5.16. The third kappa shape index (κ3) is 3.36. The van der Waals surface area contributed by atoms with Crippen molar-refractivity contribution in [1.82, 2.24) is 4.90 Å². The van der Waals surface area contributed by atoms with Crippen LogP contribution >= 0.6 is 0 Å². The molecule has 3 heterocycles. The van der Waals surface area contributed by atoms with Crippen molar-refractivity contribution in [2.24, 2.45) is 5.92 Å². The normalized spacial score (nSPS) is 23.6. The highest BCUT2D eigenvalue weighted by molar-refractivity contribution is 5.99. The minimum absolute atomic E-state index is 0.0498. The van der Waals surface area contributed by atoms with Gasteiger partial charge in [-0.1, -0.05) is 12.8 Å². The van der Waals surface area contributed by atoms with Crippen LogP contribution in [0.3, 0.4) is 0 Å². The van der Waals surface area contributed by atoms with Crippen LogP contribution in [-0.4, -0.2) is 34.6 Å². The van der Waals surface area contributed by atoms with Crippen molar-refractivity contribution < 1.29 is 18.7 Å². The summed E-state index contributed by atoms with van der Waals surface area (Å²) in [6, 6.07) is 2.02. The zero-order valence-corrected chi connectivity index (χ0v) is 19.1. The van der Waals surface area contributed by atoms with Crippen molar-refractivity contribution in [2.45, 2.75) is 71.3 Å². The number of nitrogens with zero attached hydrogens (tertiary/aromatic N) is 1. The van der Waals surface area contributed by atoms with Gasteiger partial charge >= 0.3 is 5.63 Å². The number of hydrogen-bond donors (Lipinski definition) is 1. The predicted molar refractivity (Wildman–Crippen MR) is 123 cm³/mol. The quantitative estimate of drug-likeness (QED) is 0.608. The molecule has 1 saturated heterocycles. The fourth-order valence-corrected chi connectivity index (χ4v) is 5.80. The zero-order chi connectivity index (χ0) is 22.6. The van der Waals surface area contributed by atoms with Crippen molar-refractivity contribution >= 4 is 27.8 Å². The van der Waals surface area contributed by atoms with Gasteiger partial charge in [-0.3, -0.25) is 4.79 Å². The smallest absolute Gasteiger partial charge is 0.339 e. The number of piperidine rings is 1. The Bertz CT molecular complexity index is 1270. The molecule has 6 heteroatoms. The summed E-state index contributed by atoms with van der Waals surface area (Å²) in [6.07, 6.45) is 7.02. The maximum absolute atomic E-state index is 13.0. The summed E-state index contributed by atoms with van der Waals surface area (Å²) in [5, 5.41) is 12.8. The van der Waals surface area contributed by atoms with Crippen LogP contribution in [0.4, 0.5) is 0 Å². The molecule has 1 aromatic carbocycles. The van der Waals surface area contributed by atoms with E-state index in [2.05, 4.69) is 0 Å². The Hall–Kier alpha value is -2.60. The molecule has 0 bridgehead atoms. The van der Waals surface area contributed by atoms with E-state index in [1.54, 1.807) is 6.26 Å². The molecule has 2 fully saturated rings. The lowest BCUT2D eigenvalue weighted by Gasteiger charge is -2.47. The first kappa shape index (κ1) is 21.3. The Balaban J connectivity index is 1.38. The van der Waals surface area contributed by atoms with Gasteiger partial charge in [0.25, 0.3) is 0 Å². The van der Waals surface area contributed by atoms with Gasteiger partial charge in [-0.15, -0.1) is 0 Å². The summed E-state index contributed by atoms with van der Waals surface area (Å²) in [5.74, 6) is 0.221. The number of aryl methyl sites for hydroxylation is 3. The van der Waals surface area contributed by atoms with Crippen LogP contribution in [0, 0.1) is 26.7 Å². The van der Waals surface area contributed by atoms with E-state index >= 15 is 0 Å². The largest absolute Gasteiger partial charge is 0.464 e. The number of carbonyl (C=O) groups excluding carboxylic acids is 1. The Morgan fingerprint density at radius 2 is 1.97 bits per heavy atom. The first-order chi connectivity index (χ1) is 15.3. The number of furan rings is 1. The number of hydrogen-bond acceptors (Lipinski definition) is 5. The van der Waals surface area contributed by atoms with Gasteiger partial charge in [-0.05, 0) is 63.6 Å². The highest BCUT2D eigenvalue weighted by Crippen LogP contribution is 2.40. The van der Waals surface area contributed by atoms with Crippen molar-refractivity contribution in [2.75, 3.05) is 13.1 Å². The van der Waals surface area contributed by atoms with E-state index in [1.165, 1.54) is 0 Å². The van der Waals surface area contributed by atoms with E-state index in [1.807, 2.05) is 31.7 Å². The molecule has 1 amide bonds. The molecule has 2 aromatic heterocycles. The highest BCUT2D eigenvalue weighted by Gasteiger charge is 2.43. The first-order valence-corrected chi connectivity index (χ1v) is 11.7. The maximum atomic E-state index is 13.0. The van der Waals surface area contributed by atoms with Crippen molar-refractivity contribution in [3.63, 3.8) is 0 Å². The standard InChI is InChI=1S/C26H31NO5/c1-15-14-31-23-17(3)24-21(12-20(15)23)16(2)19(25(29)32-24)7-8-22(28)27-11-10-26(30)9-5-4-6-18(26)13-27/h12,14,18,30H,4-11,13H2,1-3H3/t18-,26-/m1/s1. The second-order valence-electron chi connectivity index (χ2n) is 9.80. The average Bonchev–Trinajstić information content (AvgIpc) is 3.14. The summed E-state index contributed by atoms with van der Waals surface area (Å²) < 4.78 is 11.4. The average molecular weight is 438 g/mol. The zero-order valence-electron chi connectivity index (χ0n) is 19.1. The lowest BCUT2D eigenvalue weighted by molar-refractivity contribution is -0.143. The molecule has 32 heavy (non-hydrogen) atoms. The number of carbonyl (C=O) groups is 1. The minimum atomic E-state index is -0.598. The number of rotatable bonds is 3. The SMILES string of the molecule is Cc1coc2c(C)c3oc(=O)c(CCC(=O)N4CC[C@]5(O)CCCC[C@@H]5C4)c(C)c3cc12. The van der Waals surface area contributed by atoms with Crippen LogP contribution in [0.5, 0.6) is 0 Å². The van der Waals surface area contributed by atoms with Gasteiger partial charge in [0.2, 0.25) is 5.91 Å². The van der Waals surface area contributed by atoms with E-state index in [4.69, 9.17) is 8.83 Å². The van der Waals surface area contributed by atoms with Crippen LogP contribution < -0.4 is 5.63 Å². The Morgan fingerprint density at radius 3 is 2.78 bits per heavy atom. The molecule has 2 aliphatic rings. The summed E-state index contributed by atoms with van der Waals surface area (Å²) in [6.45, 7) is 7.05. The molecule has 1 N–H and O–H groups in total. The van der Waals surface area contributed by atoms with E-state index in [0.717, 1.165) is 58.7 Å². The van der Waals surface area contributed by atoms with Gasteiger partial charge in [-0.25, -0.2) is 4.79 Å². The van der Waals surface area contributed by atoms with E-state index < -0.39 is 5.60 Å². The van der Waals surface area contributed by atoms with E-state index in [0.29, 0.717) is 37.1 Å². The summed E-state index contributed by atoms with van der Waals surface area (Å²) in [5.41, 5.74) is 3.62. The molecule has 1 aliphatic heterocycles. The molecule has 0 radical (unpaired) electrons. The van der Waals surface area contributed by atoms with E-state index in [9.17, 15) is 14.7 Å². The lowest BCUT2D eigenvalue weighted by Crippen LogP contribution is -2.54. The van der Waals surface area contributed by atoms with Crippen LogP contribution in [0.1, 0.15) is 60.8 Å². The highest BCUT2D eigenvalue weighted by atomic mass is 16.4. The minimum Gasteiger partial charge on any atom is -0.464 e. The topological polar surface area (TPSA) is 83.9 Å². The summed E-state index contributed by atoms with van der Waals surface area (Å²) in [4.78, 5) is 27.7. The third-order valence-electron chi connectivity index (χ3n) is 7.90. The molecule has 0 spiro atoms. The van der Waals surface area contributed by atoms with Gasteiger partial charge in [-0.2, -0.15) is 0 Å². The maximum Gasteiger partial charge on any atom is 0.339 e. The van der Waals surface area contributed by atoms with Gasteiger partial charge in [0.05, 0.1) is 11.9 Å². The molecule has 170 valence electrons. The van der Waals surface area contributed by atoms with Crippen molar-refractivity contribution in [3.05, 3.63) is 45.0 Å². The Morgan fingerprint density at radius 1 is 1.16 bits per heavy atom. The summed E-state index contributed by atoms with van der Waals surface area (Å²) >= 11 is 0. The van der Waals surface area contributed by atoms with Gasteiger partial charge in [0, 0.05) is 47.3 Å². The molecule has 2 atom stereocenters. The number of likely N-dealkylation sites (tertiary alicyclic amines) is 1. The number of benzene rings is 1. The monoisotopic (exact) mass is 437 g/mol. The van der Waals surface area contributed by atoms with Gasteiger partial charge in [0.1, 0.15) is 11.2 Å². The number of fused-ring (bicyclic) bond motifs is 3. The molecular weight excluding hydrogens is 406 g/mol.